The fourth-order valence-corrected chi connectivity index (χ4v) is 2.04. The number of ether oxygens (including phenoxy) is 1. The van der Waals surface area contributed by atoms with Crippen molar-refractivity contribution in [3.8, 4) is 0 Å². The van der Waals surface area contributed by atoms with Crippen LogP contribution in [0.15, 0.2) is 30.3 Å². The largest absolute Gasteiger partial charge is 0.450 e. The molecular weight excluding hydrogens is 282 g/mol. The zero-order valence-electron chi connectivity index (χ0n) is 8.70. The summed E-state index contributed by atoms with van der Waals surface area (Å²) >= 11 is 17.0. The van der Waals surface area contributed by atoms with Crippen molar-refractivity contribution in [1.82, 2.24) is 0 Å². The van der Waals surface area contributed by atoms with Crippen molar-refractivity contribution in [2.45, 2.75) is 12.5 Å². The Balaban J connectivity index is 1.99. The van der Waals surface area contributed by atoms with Gasteiger partial charge < -0.3 is 4.74 Å². The predicted octanol–water partition coefficient (Wildman–Crippen LogP) is 4.68. The maximum Gasteiger partial charge on any atom is 0.404 e. The Morgan fingerprint density at radius 3 is 2.53 bits per heavy atom. The van der Waals surface area contributed by atoms with E-state index in [1.807, 2.05) is 18.2 Å². The van der Waals surface area contributed by atoms with Gasteiger partial charge in [0.25, 0.3) is 0 Å². The lowest BCUT2D eigenvalue weighted by Crippen LogP contribution is -1.97. The summed E-state index contributed by atoms with van der Waals surface area (Å²) in [5.41, 5.74) is 0.118. The number of carbonyl (C=O) groups is 1. The highest BCUT2D eigenvalue weighted by molar-refractivity contribution is 6.61. The van der Waals surface area contributed by atoms with Crippen LogP contribution in [0, 0.1) is 5.92 Å². The maximum atomic E-state index is 10.5. The molecule has 0 bridgehead atoms. The summed E-state index contributed by atoms with van der Waals surface area (Å²) in [6, 6.07) is 7.23. The molecule has 0 saturated heterocycles. The van der Waals surface area contributed by atoms with Gasteiger partial charge in [-0.25, -0.2) is 4.79 Å². The maximum absolute atomic E-state index is 10.5. The van der Waals surface area contributed by atoms with Gasteiger partial charge in [0, 0.05) is 27.6 Å². The molecule has 0 unspecified atom stereocenters. The van der Waals surface area contributed by atoms with Gasteiger partial charge in [-0.2, -0.15) is 0 Å². The van der Waals surface area contributed by atoms with Crippen LogP contribution >= 0.6 is 34.8 Å². The Morgan fingerprint density at radius 2 is 1.94 bits per heavy atom. The van der Waals surface area contributed by atoms with Gasteiger partial charge in [0.2, 0.25) is 0 Å². The first-order valence-electron chi connectivity index (χ1n) is 5.05. The van der Waals surface area contributed by atoms with Gasteiger partial charge in [-0.3, -0.25) is 0 Å². The number of halogens is 3. The topological polar surface area (TPSA) is 26.3 Å². The highest BCUT2D eigenvalue weighted by Gasteiger charge is 2.39. The summed E-state index contributed by atoms with van der Waals surface area (Å²) < 4.78 is 4.83. The van der Waals surface area contributed by atoms with Gasteiger partial charge in [0.05, 0.1) is 0 Å². The highest BCUT2D eigenvalue weighted by Crippen LogP contribution is 2.38. The lowest BCUT2D eigenvalue weighted by Gasteiger charge is -2.00. The fraction of sp³-hybridized carbons (Fsp3) is 0.250. The molecule has 0 amide bonds. The second-order valence-electron chi connectivity index (χ2n) is 3.81. The van der Waals surface area contributed by atoms with Gasteiger partial charge in [-0.05, 0) is 24.1 Å². The molecule has 1 aromatic rings. The number of hydrogen-bond acceptors (Lipinski definition) is 2. The molecule has 1 aliphatic rings. The van der Waals surface area contributed by atoms with Crippen molar-refractivity contribution in [2.75, 3.05) is 0 Å². The summed E-state index contributed by atoms with van der Waals surface area (Å²) in [7, 11) is 0. The number of benzene rings is 1. The van der Waals surface area contributed by atoms with Crippen molar-refractivity contribution in [2.24, 2.45) is 5.92 Å². The standard InChI is InChI=1S/C12H9Cl3O2/c13-9-3-1-7(2-4-9)10(14)5-8-6-11(8)17-12(15)16/h1-5,8,11H,6H2/b10-5-/t8-,11-/m0/s1. The average Bonchev–Trinajstić information content (AvgIpc) is 2.96. The first kappa shape index (κ1) is 12.7. The number of hydrogen-bond donors (Lipinski definition) is 0. The van der Waals surface area contributed by atoms with Gasteiger partial charge in [0.1, 0.15) is 6.10 Å². The van der Waals surface area contributed by atoms with E-state index >= 15 is 0 Å². The lowest BCUT2D eigenvalue weighted by molar-refractivity contribution is 0.163. The predicted molar refractivity (Wildman–Crippen MR) is 69.5 cm³/mol. The second-order valence-corrected chi connectivity index (χ2v) is 4.97. The van der Waals surface area contributed by atoms with E-state index in [0.717, 1.165) is 12.0 Å². The van der Waals surface area contributed by atoms with Crippen LogP contribution in [0.5, 0.6) is 0 Å². The van der Waals surface area contributed by atoms with E-state index in [4.69, 9.17) is 39.5 Å². The first-order valence-corrected chi connectivity index (χ1v) is 6.19. The second kappa shape index (κ2) is 5.30. The average molecular weight is 292 g/mol. The minimum atomic E-state index is -0.770. The van der Waals surface area contributed by atoms with E-state index in [-0.39, 0.29) is 12.0 Å². The molecule has 17 heavy (non-hydrogen) atoms. The smallest absolute Gasteiger partial charge is 0.404 e. The minimum Gasteiger partial charge on any atom is -0.450 e. The molecule has 5 heteroatoms. The Hall–Kier alpha value is -0.700. The van der Waals surface area contributed by atoms with E-state index in [0.29, 0.717) is 10.1 Å². The van der Waals surface area contributed by atoms with E-state index in [2.05, 4.69) is 0 Å². The summed E-state index contributed by atoms with van der Waals surface area (Å²) in [5, 5.41) is 1.29. The molecular formula is C12H9Cl3O2. The molecule has 1 fully saturated rings. The molecule has 0 N–H and O–H groups in total. The van der Waals surface area contributed by atoms with E-state index in [9.17, 15) is 4.79 Å². The van der Waals surface area contributed by atoms with Crippen molar-refractivity contribution >= 4 is 45.3 Å². The third-order valence-corrected chi connectivity index (χ3v) is 3.19. The van der Waals surface area contributed by atoms with Crippen LogP contribution in [-0.4, -0.2) is 11.5 Å². The van der Waals surface area contributed by atoms with Gasteiger partial charge >= 0.3 is 5.43 Å². The van der Waals surface area contributed by atoms with Crippen LogP contribution in [0.1, 0.15) is 12.0 Å². The monoisotopic (exact) mass is 290 g/mol. The summed E-state index contributed by atoms with van der Waals surface area (Å²) in [5.74, 6) is 0.154. The van der Waals surface area contributed by atoms with Crippen LogP contribution in [-0.2, 0) is 4.74 Å². The molecule has 2 atom stereocenters. The van der Waals surface area contributed by atoms with Crippen LogP contribution in [0.2, 0.25) is 5.02 Å². The van der Waals surface area contributed by atoms with Crippen molar-refractivity contribution in [1.29, 1.82) is 0 Å². The van der Waals surface area contributed by atoms with Crippen LogP contribution < -0.4 is 0 Å². The summed E-state index contributed by atoms with van der Waals surface area (Å²) in [4.78, 5) is 10.5. The first-order chi connectivity index (χ1) is 8.06. The molecule has 0 heterocycles. The van der Waals surface area contributed by atoms with Crippen molar-refractivity contribution < 1.29 is 9.53 Å². The molecule has 0 spiro atoms. The Kier molecular flexibility index (Phi) is 3.97. The summed E-state index contributed by atoms with van der Waals surface area (Å²) in [6.45, 7) is 0. The normalized spacial score (nSPS) is 23.4. The van der Waals surface area contributed by atoms with Crippen molar-refractivity contribution in [3.63, 3.8) is 0 Å². The molecule has 1 aliphatic carbocycles. The number of carbonyl (C=O) groups excluding carboxylic acids is 1. The van der Waals surface area contributed by atoms with Crippen molar-refractivity contribution in [3.05, 3.63) is 40.9 Å². The third kappa shape index (κ3) is 3.63. The van der Waals surface area contributed by atoms with E-state index in [1.165, 1.54) is 0 Å². The lowest BCUT2D eigenvalue weighted by atomic mass is 10.2. The van der Waals surface area contributed by atoms with Crippen LogP contribution in [0.4, 0.5) is 4.79 Å². The quantitative estimate of drug-likeness (QED) is 0.756. The Bertz CT molecular complexity index is 453. The Morgan fingerprint density at radius 1 is 1.29 bits per heavy atom. The van der Waals surface area contributed by atoms with E-state index in [1.54, 1.807) is 12.1 Å². The van der Waals surface area contributed by atoms with Gasteiger partial charge in [-0.15, -0.1) is 0 Å². The van der Waals surface area contributed by atoms with E-state index < -0.39 is 5.43 Å². The molecule has 2 nitrogen and oxygen atoms in total. The minimum absolute atomic E-state index is 0.138. The summed E-state index contributed by atoms with van der Waals surface area (Å²) in [6.07, 6.45) is 2.50. The number of rotatable bonds is 3. The zero-order chi connectivity index (χ0) is 12.4. The van der Waals surface area contributed by atoms with Gasteiger partial charge in [-0.1, -0.05) is 41.4 Å². The fourth-order valence-electron chi connectivity index (χ4n) is 1.51. The molecule has 1 saturated carbocycles. The SMILES string of the molecule is O=C(Cl)O[C@H]1C[C@@H]1/C=C(\Cl)c1ccc(Cl)cc1. The molecule has 0 aliphatic heterocycles. The highest BCUT2D eigenvalue weighted by atomic mass is 35.5. The van der Waals surface area contributed by atoms with Crippen LogP contribution in [0.25, 0.3) is 5.03 Å². The molecule has 1 aromatic carbocycles. The molecule has 2 rings (SSSR count). The molecule has 0 aromatic heterocycles. The third-order valence-electron chi connectivity index (χ3n) is 2.50. The zero-order valence-corrected chi connectivity index (χ0v) is 11.0. The molecule has 90 valence electrons. The van der Waals surface area contributed by atoms with Gasteiger partial charge in [0.15, 0.2) is 0 Å². The Labute approximate surface area is 114 Å². The van der Waals surface area contributed by atoms with Crippen LogP contribution in [0.3, 0.4) is 0 Å². The molecule has 0 radical (unpaired) electrons.